The summed E-state index contributed by atoms with van der Waals surface area (Å²) in [5.74, 6) is 0.455. The predicted molar refractivity (Wildman–Crippen MR) is 130 cm³/mol. The zero-order chi connectivity index (χ0) is 22.5. The molecule has 1 amide bonds. The van der Waals surface area contributed by atoms with E-state index < -0.39 is 0 Å². The summed E-state index contributed by atoms with van der Waals surface area (Å²) in [6.45, 7) is 2.98. The molecule has 0 radical (unpaired) electrons. The highest BCUT2D eigenvalue weighted by Crippen LogP contribution is 2.26. The van der Waals surface area contributed by atoms with Crippen LogP contribution in [0.2, 0.25) is 5.02 Å². The van der Waals surface area contributed by atoms with Crippen LogP contribution in [0.3, 0.4) is 0 Å². The van der Waals surface area contributed by atoms with Crippen molar-refractivity contribution in [2.24, 2.45) is 0 Å². The molecule has 7 heteroatoms. The molecule has 0 aliphatic rings. The van der Waals surface area contributed by atoms with E-state index >= 15 is 0 Å². The van der Waals surface area contributed by atoms with Gasteiger partial charge >= 0.3 is 0 Å². The topological polar surface area (TPSA) is 56.1 Å². The lowest BCUT2D eigenvalue weighted by Gasteiger charge is -2.09. The number of aromatic nitrogens is 2. The number of benzene rings is 3. The van der Waals surface area contributed by atoms with Gasteiger partial charge in [-0.15, -0.1) is 0 Å². The van der Waals surface area contributed by atoms with Crippen molar-refractivity contribution in [2.45, 2.75) is 20.1 Å². The van der Waals surface area contributed by atoms with Crippen molar-refractivity contribution >= 4 is 39.1 Å². The van der Waals surface area contributed by atoms with Gasteiger partial charge in [0.2, 0.25) is 0 Å². The van der Waals surface area contributed by atoms with E-state index in [-0.39, 0.29) is 5.91 Å². The molecule has 0 saturated heterocycles. The summed E-state index contributed by atoms with van der Waals surface area (Å²) in [5.41, 5.74) is 4.36. The third-order valence-corrected chi connectivity index (χ3v) is 5.69. The molecular weight excluding hydrogens is 490 g/mol. The minimum Gasteiger partial charge on any atom is -0.487 e. The van der Waals surface area contributed by atoms with E-state index in [2.05, 4.69) is 26.3 Å². The summed E-state index contributed by atoms with van der Waals surface area (Å²) in [6, 6.07) is 21.0. The molecule has 0 fully saturated rings. The number of hydrogen-bond acceptors (Lipinski definition) is 3. The molecule has 4 aromatic rings. The van der Waals surface area contributed by atoms with Crippen molar-refractivity contribution < 1.29 is 9.53 Å². The third-order valence-electron chi connectivity index (χ3n) is 4.85. The smallest absolute Gasteiger partial charge is 0.255 e. The monoisotopic (exact) mass is 509 g/mol. The number of halogens is 2. The van der Waals surface area contributed by atoms with E-state index in [1.165, 1.54) is 0 Å². The van der Waals surface area contributed by atoms with Gasteiger partial charge in [-0.2, -0.15) is 5.10 Å². The highest BCUT2D eigenvalue weighted by atomic mass is 79.9. The maximum atomic E-state index is 12.6. The molecule has 1 N–H and O–H groups in total. The number of nitrogens with zero attached hydrogens (tertiary/aromatic N) is 2. The summed E-state index contributed by atoms with van der Waals surface area (Å²) in [6.07, 6.45) is 3.46. The molecule has 0 aliphatic carbocycles. The number of ether oxygens (including phenoxy) is 1. The standard InChI is InChI=1S/C25H21BrClN3O2/c1-17-2-11-23(27)24(12-17)32-16-19-3-7-20(8-4-19)25(31)29-22-13-28-30(15-22)14-18-5-9-21(26)10-6-18/h2-13,15H,14,16H2,1H3,(H,29,31). The largest absolute Gasteiger partial charge is 0.487 e. The van der Waals surface area contributed by atoms with Gasteiger partial charge in [0.1, 0.15) is 12.4 Å². The Labute approximate surface area is 200 Å². The molecule has 0 unspecified atom stereocenters. The van der Waals surface area contributed by atoms with Gasteiger partial charge in [-0.1, -0.05) is 57.9 Å². The van der Waals surface area contributed by atoms with Crippen LogP contribution in [0.25, 0.3) is 0 Å². The van der Waals surface area contributed by atoms with Crippen molar-refractivity contribution in [3.8, 4) is 5.75 Å². The fourth-order valence-electron chi connectivity index (χ4n) is 3.13. The van der Waals surface area contributed by atoms with Gasteiger partial charge < -0.3 is 10.1 Å². The summed E-state index contributed by atoms with van der Waals surface area (Å²) in [7, 11) is 0. The number of anilines is 1. The molecule has 0 spiro atoms. The van der Waals surface area contributed by atoms with Crippen LogP contribution in [-0.2, 0) is 13.2 Å². The average molecular weight is 511 g/mol. The van der Waals surface area contributed by atoms with Gasteiger partial charge in [-0.05, 0) is 60.0 Å². The fraction of sp³-hybridized carbons (Fsp3) is 0.120. The first-order valence-corrected chi connectivity index (χ1v) is 11.2. The minimum absolute atomic E-state index is 0.192. The molecule has 0 aliphatic heterocycles. The molecular formula is C25H21BrClN3O2. The van der Waals surface area contributed by atoms with E-state index in [9.17, 15) is 4.79 Å². The van der Waals surface area contributed by atoms with Gasteiger partial charge in [-0.25, -0.2) is 0 Å². The second-order valence-corrected chi connectivity index (χ2v) is 8.75. The second kappa shape index (κ2) is 10.0. The van der Waals surface area contributed by atoms with E-state index in [1.807, 2.05) is 67.7 Å². The Hall–Kier alpha value is -3.09. The zero-order valence-corrected chi connectivity index (χ0v) is 19.7. The summed E-state index contributed by atoms with van der Waals surface area (Å²) < 4.78 is 8.63. The van der Waals surface area contributed by atoms with Crippen LogP contribution in [0.5, 0.6) is 5.75 Å². The van der Waals surface area contributed by atoms with E-state index in [0.29, 0.717) is 35.2 Å². The fourth-order valence-corrected chi connectivity index (χ4v) is 3.57. The van der Waals surface area contributed by atoms with E-state index in [4.69, 9.17) is 16.3 Å². The Bertz CT molecular complexity index is 1220. The zero-order valence-electron chi connectivity index (χ0n) is 17.4. The second-order valence-electron chi connectivity index (χ2n) is 7.43. The molecule has 1 aromatic heterocycles. The Kier molecular flexibility index (Phi) is 6.93. The molecule has 0 atom stereocenters. The van der Waals surface area contributed by atoms with Crippen molar-refractivity contribution in [3.63, 3.8) is 0 Å². The number of amides is 1. The molecule has 0 saturated carbocycles. The molecule has 4 rings (SSSR count). The van der Waals surface area contributed by atoms with Gasteiger partial charge in [0.15, 0.2) is 0 Å². The highest BCUT2D eigenvalue weighted by molar-refractivity contribution is 9.10. The van der Waals surface area contributed by atoms with Crippen LogP contribution in [0, 0.1) is 6.92 Å². The van der Waals surface area contributed by atoms with Crippen LogP contribution in [0.1, 0.15) is 27.0 Å². The molecule has 1 heterocycles. The summed E-state index contributed by atoms with van der Waals surface area (Å²) in [4.78, 5) is 12.6. The van der Waals surface area contributed by atoms with Crippen molar-refractivity contribution in [1.29, 1.82) is 0 Å². The maximum absolute atomic E-state index is 12.6. The quantitative estimate of drug-likeness (QED) is 0.309. The van der Waals surface area contributed by atoms with E-state index in [0.717, 1.165) is 21.2 Å². The van der Waals surface area contributed by atoms with E-state index in [1.54, 1.807) is 23.0 Å². The van der Waals surface area contributed by atoms with Crippen LogP contribution >= 0.6 is 27.5 Å². The molecule has 162 valence electrons. The summed E-state index contributed by atoms with van der Waals surface area (Å²) in [5, 5.41) is 7.79. The number of hydrogen-bond donors (Lipinski definition) is 1. The SMILES string of the molecule is Cc1ccc(Cl)c(OCc2ccc(C(=O)Nc3cnn(Cc4ccc(Br)cc4)c3)cc2)c1. The first kappa shape index (κ1) is 22.1. The lowest BCUT2D eigenvalue weighted by Crippen LogP contribution is -2.11. The van der Waals surface area contributed by atoms with Crippen LogP contribution < -0.4 is 10.1 Å². The normalized spacial score (nSPS) is 10.7. The molecule has 3 aromatic carbocycles. The predicted octanol–water partition coefficient (Wildman–Crippen LogP) is 6.49. The van der Waals surface area contributed by atoms with Gasteiger partial charge in [0.25, 0.3) is 5.91 Å². The lowest BCUT2D eigenvalue weighted by atomic mass is 10.1. The third kappa shape index (κ3) is 5.78. The Balaban J connectivity index is 1.33. The van der Waals surface area contributed by atoms with Crippen molar-refractivity contribution in [3.05, 3.63) is 111 Å². The van der Waals surface area contributed by atoms with Crippen molar-refractivity contribution in [2.75, 3.05) is 5.32 Å². The molecule has 5 nitrogen and oxygen atoms in total. The number of carbonyl (C=O) groups excluding carboxylic acids is 1. The number of nitrogens with one attached hydrogen (secondary N) is 1. The average Bonchev–Trinajstić information content (AvgIpc) is 3.23. The van der Waals surface area contributed by atoms with Gasteiger partial charge in [0, 0.05) is 16.2 Å². The highest BCUT2D eigenvalue weighted by Gasteiger charge is 2.09. The van der Waals surface area contributed by atoms with Crippen molar-refractivity contribution in [1.82, 2.24) is 9.78 Å². The van der Waals surface area contributed by atoms with Crippen LogP contribution in [0.4, 0.5) is 5.69 Å². The van der Waals surface area contributed by atoms with Gasteiger partial charge in [0.05, 0.1) is 23.5 Å². The Morgan fingerprint density at radius 3 is 2.53 bits per heavy atom. The number of rotatable bonds is 7. The molecule has 0 bridgehead atoms. The van der Waals surface area contributed by atoms with Crippen LogP contribution in [0.15, 0.2) is 83.6 Å². The van der Waals surface area contributed by atoms with Gasteiger partial charge in [-0.3, -0.25) is 9.48 Å². The number of carbonyl (C=O) groups is 1. The first-order chi connectivity index (χ1) is 15.5. The minimum atomic E-state index is -0.192. The Morgan fingerprint density at radius 2 is 1.78 bits per heavy atom. The maximum Gasteiger partial charge on any atom is 0.255 e. The number of aryl methyl sites for hydroxylation is 1. The first-order valence-electron chi connectivity index (χ1n) is 10.0. The lowest BCUT2D eigenvalue weighted by molar-refractivity contribution is 0.102. The molecule has 32 heavy (non-hydrogen) atoms. The Morgan fingerprint density at radius 1 is 1.06 bits per heavy atom. The summed E-state index contributed by atoms with van der Waals surface area (Å²) >= 11 is 9.60. The van der Waals surface area contributed by atoms with Crippen LogP contribution in [-0.4, -0.2) is 15.7 Å².